The molecule has 0 unspecified atom stereocenters. The number of fused-ring (bicyclic) bond motifs is 2. The van der Waals surface area contributed by atoms with Crippen LogP contribution in [0.5, 0.6) is 5.75 Å². The first-order chi connectivity index (χ1) is 14.4. The van der Waals surface area contributed by atoms with Gasteiger partial charge in [-0.15, -0.1) is 0 Å². The third kappa shape index (κ3) is 2.81. The minimum absolute atomic E-state index is 0.146. The number of carbonyl (C=O) groups excluding carboxylic acids is 1. The van der Waals surface area contributed by atoms with Crippen LogP contribution in [0, 0.1) is 0 Å². The third-order valence-corrected chi connectivity index (χ3v) is 5.44. The Kier molecular flexibility index (Phi) is 4.03. The number of rotatable bonds is 3. The molecular weight excluding hydrogens is 380 g/mol. The minimum Gasteiger partial charge on any atom is -0.493 e. The van der Waals surface area contributed by atoms with Crippen molar-refractivity contribution < 1.29 is 13.9 Å². The molecule has 154 valence electrons. The standard InChI is InChI=1S/C23H24N4O3/c1-23(2,3)27-21(25-10-5-6-11-25)16-13-26(14-17(16)24-27)22(28)19-12-15-8-7-9-18(29-4)20(15)30-19/h5-12H,13-14H2,1-4H3. The first kappa shape index (κ1) is 18.5. The predicted octanol–water partition coefficient (Wildman–Crippen LogP) is 4.34. The van der Waals surface area contributed by atoms with Gasteiger partial charge in [-0.2, -0.15) is 5.10 Å². The minimum atomic E-state index is -0.173. The molecule has 7 heteroatoms. The van der Waals surface area contributed by atoms with Gasteiger partial charge in [-0.05, 0) is 45.0 Å². The number of methoxy groups -OCH3 is 1. The van der Waals surface area contributed by atoms with Gasteiger partial charge in [0.1, 0.15) is 5.82 Å². The van der Waals surface area contributed by atoms with Gasteiger partial charge in [-0.1, -0.05) is 12.1 Å². The Morgan fingerprint density at radius 2 is 1.90 bits per heavy atom. The van der Waals surface area contributed by atoms with Gasteiger partial charge < -0.3 is 18.6 Å². The third-order valence-electron chi connectivity index (χ3n) is 5.44. The van der Waals surface area contributed by atoms with Crippen molar-refractivity contribution in [3.05, 3.63) is 65.8 Å². The van der Waals surface area contributed by atoms with Crippen LogP contribution in [0.3, 0.4) is 0 Å². The zero-order valence-corrected chi connectivity index (χ0v) is 17.5. The Balaban J connectivity index is 1.50. The molecule has 0 saturated heterocycles. The summed E-state index contributed by atoms with van der Waals surface area (Å²) in [5.74, 6) is 1.79. The molecule has 0 fully saturated rings. The summed E-state index contributed by atoms with van der Waals surface area (Å²) in [6.45, 7) is 7.35. The molecule has 0 spiro atoms. The van der Waals surface area contributed by atoms with E-state index in [4.69, 9.17) is 14.3 Å². The second-order valence-corrected chi connectivity index (χ2v) is 8.57. The van der Waals surface area contributed by atoms with Crippen molar-refractivity contribution in [2.75, 3.05) is 7.11 Å². The van der Waals surface area contributed by atoms with E-state index in [9.17, 15) is 4.79 Å². The number of aromatic nitrogens is 3. The first-order valence-electron chi connectivity index (χ1n) is 9.97. The molecule has 1 aliphatic rings. The normalized spacial score (nSPS) is 13.8. The summed E-state index contributed by atoms with van der Waals surface area (Å²) in [5.41, 5.74) is 2.42. The van der Waals surface area contributed by atoms with E-state index in [-0.39, 0.29) is 11.4 Å². The summed E-state index contributed by atoms with van der Waals surface area (Å²) in [6.07, 6.45) is 4.02. The fraction of sp³-hybridized carbons (Fsp3) is 0.304. The average Bonchev–Trinajstić information content (AvgIpc) is 3.47. The van der Waals surface area contributed by atoms with Crippen LogP contribution in [0.2, 0.25) is 0 Å². The molecule has 1 aliphatic heterocycles. The number of hydrogen-bond acceptors (Lipinski definition) is 4. The molecule has 7 nitrogen and oxygen atoms in total. The monoisotopic (exact) mass is 404 g/mol. The highest BCUT2D eigenvalue weighted by Crippen LogP contribution is 2.34. The fourth-order valence-corrected chi connectivity index (χ4v) is 4.01. The highest BCUT2D eigenvalue weighted by molar-refractivity contribution is 5.97. The molecule has 0 aliphatic carbocycles. The number of hydrogen-bond donors (Lipinski definition) is 0. The Morgan fingerprint density at radius 3 is 2.60 bits per heavy atom. The zero-order valence-electron chi connectivity index (χ0n) is 17.5. The van der Waals surface area contributed by atoms with E-state index in [0.29, 0.717) is 30.2 Å². The summed E-state index contributed by atoms with van der Waals surface area (Å²) in [5, 5.41) is 5.71. The van der Waals surface area contributed by atoms with E-state index in [0.717, 1.165) is 22.5 Å². The smallest absolute Gasteiger partial charge is 0.290 e. The number of carbonyl (C=O) groups is 1. The zero-order chi connectivity index (χ0) is 21.0. The maximum Gasteiger partial charge on any atom is 0.290 e. The van der Waals surface area contributed by atoms with Crippen molar-refractivity contribution in [1.29, 1.82) is 0 Å². The highest BCUT2D eigenvalue weighted by Gasteiger charge is 2.35. The molecule has 0 atom stereocenters. The van der Waals surface area contributed by atoms with E-state index in [2.05, 4.69) is 25.3 Å². The second-order valence-electron chi connectivity index (χ2n) is 8.57. The summed E-state index contributed by atoms with van der Waals surface area (Å²) >= 11 is 0. The SMILES string of the molecule is COc1cccc2cc(C(=O)N3Cc4nn(C(C)(C)C)c(-n5cccc5)c4C3)oc12. The topological polar surface area (TPSA) is 65.4 Å². The molecule has 5 rings (SSSR count). The Bertz CT molecular complexity index is 1240. The number of furan rings is 1. The average molecular weight is 404 g/mol. The molecule has 1 aromatic carbocycles. The van der Waals surface area contributed by atoms with Crippen molar-refractivity contribution >= 4 is 16.9 Å². The highest BCUT2D eigenvalue weighted by atomic mass is 16.5. The van der Waals surface area contributed by atoms with Gasteiger partial charge in [-0.25, -0.2) is 4.68 Å². The van der Waals surface area contributed by atoms with E-state index >= 15 is 0 Å². The van der Waals surface area contributed by atoms with Crippen molar-refractivity contribution in [1.82, 2.24) is 19.2 Å². The fourth-order valence-electron chi connectivity index (χ4n) is 4.01. The van der Waals surface area contributed by atoms with E-state index in [1.165, 1.54) is 0 Å². The van der Waals surface area contributed by atoms with Crippen molar-refractivity contribution in [3.63, 3.8) is 0 Å². The van der Waals surface area contributed by atoms with Crippen LogP contribution in [-0.2, 0) is 18.6 Å². The summed E-state index contributed by atoms with van der Waals surface area (Å²) in [7, 11) is 1.59. The van der Waals surface area contributed by atoms with Crippen LogP contribution in [0.25, 0.3) is 16.8 Å². The van der Waals surface area contributed by atoms with Gasteiger partial charge in [0.15, 0.2) is 17.1 Å². The van der Waals surface area contributed by atoms with Crippen LogP contribution in [0.15, 0.2) is 53.2 Å². The Hall–Kier alpha value is -3.48. The number of para-hydroxylation sites is 1. The molecule has 30 heavy (non-hydrogen) atoms. The lowest BCUT2D eigenvalue weighted by Crippen LogP contribution is -2.29. The first-order valence-corrected chi connectivity index (χ1v) is 9.97. The maximum absolute atomic E-state index is 13.2. The number of benzene rings is 1. The van der Waals surface area contributed by atoms with Gasteiger partial charge in [-0.3, -0.25) is 4.79 Å². The largest absolute Gasteiger partial charge is 0.493 e. The number of amides is 1. The quantitative estimate of drug-likeness (QED) is 0.510. The number of ether oxygens (including phenoxy) is 1. The van der Waals surface area contributed by atoms with Crippen molar-refractivity contribution in [2.24, 2.45) is 0 Å². The van der Waals surface area contributed by atoms with Gasteiger partial charge in [0.05, 0.1) is 31.4 Å². The Morgan fingerprint density at radius 1 is 1.13 bits per heavy atom. The lowest BCUT2D eigenvalue weighted by atomic mass is 10.1. The molecule has 3 aromatic heterocycles. The lowest BCUT2D eigenvalue weighted by Gasteiger charge is -2.24. The predicted molar refractivity (Wildman–Crippen MR) is 113 cm³/mol. The molecule has 0 radical (unpaired) electrons. The lowest BCUT2D eigenvalue weighted by molar-refractivity contribution is 0.0718. The Labute approximate surface area is 174 Å². The molecular formula is C23H24N4O3. The van der Waals surface area contributed by atoms with Gasteiger partial charge >= 0.3 is 0 Å². The van der Waals surface area contributed by atoms with Crippen LogP contribution in [-0.4, -0.2) is 32.3 Å². The van der Waals surface area contributed by atoms with Gasteiger partial charge in [0.2, 0.25) is 0 Å². The van der Waals surface area contributed by atoms with Crippen LogP contribution < -0.4 is 4.74 Å². The van der Waals surface area contributed by atoms with Crippen LogP contribution in [0.1, 0.15) is 42.6 Å². The molecule has 0 saturated carbocycles. The van der Waals surface area contributed by atoms with Crippen LogP contribution in [0.4, 0.5) is 0 Å². The summed E-state index contributed by atoms with van der Waals surface area (Å²) in [4.78, 5) is 15.0. The van der Waals surface area contributed by atoms with E-state index in [1.807, 2.05) is 47.4 Å². The van der Waals surface area contributed by atoms with Crippen molar-refractivity contribution in [3.8, 4) is 11.6 Å². The van der Waals surface area contributed by atoms with Crippen molar-refractivity contribution in [2.45, 2.75) is 39.4 Å². The van der Waals surface area contributed by atoms with E-state index in [1.54, 1.807) is 18.1 Å². The number of nitrogens with zero attached hydrogens (tertiary/aromatic N) is 4. The molecule has 0 N–H and O–H groups in total. The molecule has 0 bridgehead atoms. The summed E-state index contributed by atoms with van der Waals surface area (Å²) < 4.78 is 15.3. The summed E-state index contributed by atoms with van der Waals surface area (Å²) in [6, 6.07) is 11.4. The van der Waals surface area contributed by atoms with Crippen LogP contribution >= 0.6 is 0 Å². The van der Waals surface area contributed by atoms with Gasteiger partial charge in [0, 0.05) is 23.3 Å². The second kappa shape index (κ2) is 6.52. The van der Waals surface area contributed by atoms with Gasteiger partial charge in [0.25, 0.3) is 5.91 Å². The molecule has 4 aromatic rings. The molecule has 1 amide bonds. The maximum atomic E-state index is 13.2. The molecule has 4 heterocycles. The van der Waals surface area contributed by atoms with E-state index < -0.39 is 0 Å².